The largest absolute Gasteiger partial charge is 0.393 e. The van der Waals surface area contributed by atoms with Crippen molar-refractivity contribution in [1.29, 1.82) is 0 Å². The van der Waals surface area contributed by atoms with Crippen LogP contribution in [-0.4, -0.2) is 28.3 Å². The topological polar surface area (TPSA) is 74.1 Å². The Hall–Kier alpha value is -1.07. The average Bonchev–Trinajstić information content (AvgIpc) is 3.32. The predicted molar refractivity (Wildman–Crippen MR) is 126 cm³/mol. The summed E-state index contributed by atoms with van der Waals surface area (Å²) in [5.74, 6) is 4.95. The first-order valence-electron chi connectivity index (χ1n) is 13.2. The van der Waals surface area contributed by atoms with E-state index >= 15 is 0 Å². The molecule has 180 valence electrons. The minimum Gasteiger partial charge on any atom is -0.393 e. The third-order valence-electron chi connectivity index (χ3n) is 11.2. The van der Waals surface area contributed by atoms with Crippen LogP contribution in [0, 0.1) is 52.3 Å². The number of nitrogens with one attached hydrogen (secondary N) is 1. The molecule has 0 saturated heterocycles. The Morgan fingerprint density at radius 2 is 1.81 bits per heavy atom. The second-order valence-electron chi connectivity index (χ2n) is 12.5. The third-order valence-corrected chi connectivity index (χ3v) is 11.2. The molecule has 0 radical (unpaired) electrons. The number of nitrogens with zero attached hydrogens (tertiary/aromatic N) is 1. The molecule has 0 aromatic heterocycles. The van der Waals surface area contributed by atoms with Gasteiger partial charge < -0.3 is 15.1 Å². The van der Waals surface area contributed by atoms with Crippen molar-refractivity contribution in [3.05, 3.63) is 12.5 Å². The van der Waals surface area contributed by atoms with Gasteiger partial charge in [-0.3, -0.25) is 0 Å². The molecule has 4 aliphatic carbocycles. The molecule has 4 fully saturated rings. The fourth-order valence-electron chi connectivity index (χ4n) is 9.78. The van der Waals surface area contributed by atoms with Crippen molar-refractivity contribution in [1.82, 2.24) is 5.48 Å². The summed E-state index contributed by atoms with van der Waals surface area (Å²) in [5, 5.41) is 22.3. The van der Waals surface area contributed by atoms with Gasteiger partial charge in [-0.05, 0) is 104 Å². The van der Waals surface area contributed by atoms with Crippen LogP contribution < -0.4 is 5.48 Å². The molecule has 0 aromatic rings. The highest BCUT2D eigenvalue weighted by atomic mass is 16.7. The Morgan fingerprint density at radius 3 is 2.50 bits per heavy atom. The number of aliphatic hydroxyl groups excluding tert-OH is 2. The molecule has 4 saturated carbocycles. The molecular weight excluding hydrogens is 400 g/mol. The quantitative estimate of drug-likeness (QED) is 0.568. The van der Waals surface area contributed by atoms with Gasteiger partial charge in [0, 0.05) is 6.42 Å². The van der Waals surface area contributed by atoms with E-state index in [9.17, 15) is 10.2 Å². The second-order valence-corrected chi connectivity index (χ2v) is 12.5. The van der Waals surface area contributed by atoms with Gasteiger partial charge in [0.25, 0.3) is 0 Å². The van der Waals surface area contributed by atoms with Crippen molar-refractivity contribution in [3.63, 3.8) is 0 Å². The van der Waals surface area contributed by atoms with Crippen LogP contribution in [-0.2, 0) is 4.84 Å². The summed E-state index contributed by atoms with van der Waals surface area (Å²) in [4.78, 5) is 9.65. The molecule has 11 atom stereocenters. The average molecular weight is 445 g/mol. The first-order valence-corrected chi connectivity index (χ1v) is 13.2. The molecule has 5 rings (SSSR count). The van der Waals surface area contributed by atoms with Crippen molar-refractivity contribution in [3.8, 4) is 0 Å². The standard InChI is InChI=1S/C27H44N2O3/c1-6-18-22-14-17(30)9-11-27(22,5)21-10-12-26(4)19(7-8-20(26)24(21)25(18)31)15(2)13-23-28-16(3)32-29-23/h15,17-22,24-25,30-31H,3,6-14H2,1-2,4-5H3,(H,28,29)/t15-,17-,18-,19-,20?,21?,22+,24+,25-,26-,27-/m1/s1. The Morgan fingerprint density at radius 1 is 1.09 bits per heavy atom. The highest BCUT2D eigenvalue weighted by Gasteiger charge is 2.64. The third kappa shape index (κ3) is 3.28. The summed E-state index contributed by atoms with van der Waals surface area (Å²) in [5.41, 5.74) is 3.50. The molecule has 1 heterocycles. The highest BCUT2D eigenvalue weighted by molar-refractivity contribution is 5.83. The lowest BCUT2D eigenvalue weighted by Gasteiger charge is -2.64. The Balaban J connectivity index is 1.41. The normalized spacial score (nSPS) is 51.1. The van der Waals surface area contributed by atoms with Crippen molar-refractivity contribution in [2.45, 2.75) is 97.7 Å². The molecular formula is C27H44N2O3. The van der Waals surface area contributed by atoms with Crippen LogP contribution in [0.4, 0.5) is 0 Å². The Kier molecular flexibility index (Phi) is 5.68. The lowest BCUT2D eigenvalue weighted by Crippen LogP contribution is -2.62. The second kappa shape index (κ2) is 8.01. The minimum atomic E-state index is -0.218. The van der Waals surface area contributed by atoms with Crippen LogP contribution >= 0.6 is 0 Å². The van der Waals surface area contributed by atoms with Gasteiger partial charge in [0.15, 0.2) is 0 Å². The van der Waals surface area contributed by atoms with Gasteiger partial charge in [-0.25, -0.2) is 5.48 Å². The molecule has 2 unspecified atom stereocenters. The predicted octanol–water partition coefficient (Wildman–Crippen LogP) is 5.04. The van der Waals surface area contributed by atoms with Crippen LogP contribution in [0.5, 0.6) is 0 Å². The van der Waals surface area contributed by atoms with E-state index in [4.69, 9.17) is 4.84 Å². The minimum absolute atomic E-state index is 0.177. The fraction of sp³-hybridized carbons (Fsp3) is 0.889. The number of amidine groups is 1. The first kappa shape index (κ1) is 22.7. The van der Waals surface area contributed by atoms with Gasteiger partial charge in [-0.1, -0.05) is 34.1 Å². The van der Waals surface area contributed by atoms with Crippen LogP contribution in [0.1, 0.15) is 85.5 Å². The zero-order chi connectivity index (χ0) is 22.8. The number of aliphatic imine (C=N–C) groups is 1. The van der Waals surface area contributed by atoms with E-state index in [0.29, 0.717) is 47.3 Å². The van der Waals surface area contributed by atoms with Crippen LogP contribution in [0.15, 0.2) is 17.5 Å². The number of hydrogen-bond donors (Lipinski definition) is 3. The lowest BCUT2D eigenvalue weighted by atomic mass is 9.41. The number of aliphatic hydroxyl groups is 2. The monoisotopic (exact) mass is 444 g/mol. The number of fused-ring (bicyclic) bond motifs is 5. The maximum atomic E-state index is 11.8. The number of rotatable bonds is 4. The van der Waals surface area contributed by atoms with Crippen LogP contribution in [0.3, 0.4) is 0 Å². The van der Waals surface area contributed by atoms with E-state index in [1.165, 1.54) is 25.7 Å². The Labute approximate surface area is 194 Å². The first-order chi connectivity index (χ1) is 15.2. The summed E-state index contributed by atoms with van der Waals surface area (Å²) in [7, 11) is 0. The van der Waals surface area contributed by atoms with Gasteiger partial charge in [-0.2, -0.15) is 4.99 Å². The number of hydroxylamine groups is 1. The Bertz CT molecular complexity index is 783. The highest BCUT2D eigenvalue weighted by Crippen LogP contribution is 2.69. The zero-order valence-corrected chi connectivity index (χ0v) is 20.5. The lowest BCUT2D eigenvalue weighted by molar-refractivity contribution is -0.203. The van der Waals surface area contributed by atoms with E-state index < -0.39 is 0 Å². The van der Waals surface area contributed by atoms with E-state index in [-0.39, 0.29) is 23.0 Å². The van der Waals surface area contributed by atoms with Crippen molar-refractivity contribution in [2.24, 2.45) is 57.2 Å². The summed E-state index contributed by atoms with van der Waals surface area (Å²) < 4.78 is 0. The molecule has 0 aromatic carbocycles. The smallest absolute Gasteiger partial charge is 0.240 e. The SMILES string of the molecule is C=C1N=C(C[C@@H](C)[C@H]2CCC3[C@H]4C(CC[C@@]32C)[C@@]2(C)CC[C@@H](O)C[C@H]2[C@@H](CC)[C@H]4O)NO1. The van der Waals surface area contributed by atoms with Gasteiger partial charge in [0.1, 0.15) is 5.84 Å². The maximum Gasteiger partial charge on any atom is 0.240 e. The van der Waals surface area contributed by atoms with E-state index in [0.717, 1.165) is 37.9 Å². The molecule has 0 spiro atoms. The van der Waals surface area contributed by atoms with Gasteiger partial charge in [0.2, 0.25) is 5.88 Å². The van der Waals surface area contributed by atoms with E-state index in [2.05, 4.69) is 44.7 Å². The van der Waals surface area contributed by atoms with E-state index in [1.807, 2.05) is 0 Å². The number of hydrogen-bond acceptors (Lipinski definition) is 5. The van der Waals surface area contributed by atoms with Gasteiger partial charge in [-0.15, -0.1) is 0 Å². The summed E-state index contributed by atoms with van der Waals surface area (Å²) in [6.07, 6.45) is 9.48. The molecule has 5 aliphatic rings. The maximum absolute atomic E-state index is 11.8. The van der Waals surface area contributed by atoms with Crippen molar-refractivity contribution in [2.75, 3.05) is 0 Å². The van der Waals surface area contributed by atoms with Gasteiger partial charge >= 0.3 is 0 Å². The van der Waals surface area contributed by atoms with Gasteiger partial charge in [0.05, 0.1) is 12.2 Å². The molecule has 1 aliphatic heterocycles. The molecule has 32 heavy (non-hydrogen) atoms. The molecule has 5 nitrogen and oxygen atoms in total. The molecule has 3 N–H and O–H groups in total. The van der Waals surface area contributed by atoms with Crippen molar-refractivity contribution < 1.29 is 15.1 Å². The molecule has 5 heteroatoms. The van der Waals surface area contributed by atoms with E-state index in [1.54, 1.807) is 0 Å². The zero-order valence-electron chi connectivity index (χ0n) is 20.5. The summed E-state index contributed by atoms with van der Waals surface area (Å²) in [6.45, 7) is 13.5. The molecule has 0 amide bonds. The summed E-state index contributed by atoms with van der Waals surface area (Å²) >= 11 is 0. The molecule has 0 bridgehead atoms. The van der Waals surface area contributed by atoms with Crippen molar-refractivity contribution >= 4 is 5.84 Å². The van der Waals surface area contributed by atoms with Crippen LogP contribution in [0.2, 0.25) is 0 Å². The summed E-state index contributed by atoms with van der Waals surface area (Å²) in [6, 6.07) is 0. The van der Waals surface area contributed by atoms with Crippen LogP contribution in [0.25, 0.3) is 0 Å². The fourth-order valence-corrected chi connectivity index (χ4v) is 9.78.